The zero-order chi connectivity index (χ0) is 16.0. The zero-order valence-electron chi connectivity index (χ0n) is 12.7. The van der Waals surface area contributed by atoms with Crippen LogP contribution in [0.15, 0.2) is 24.3 Å². The van der Waals surface area contributed by atoms with Crippen LogP contribution in [0.25, 0.3) is 0 Å². The largest absolute Gasteiger partial charge is 0.416 e. The van der Waals surface area contributed by atoms with Crippen LogP contribution < -0.4 is 10.6 Å². The summed E-state index contributed by atoms with van der Waals surface area (Å²) in [6, 6.07) is 4.70. The van der Waals surface area contributed by atoms with Crippen molar-refractivity contribution >= 4 is 18.3 Å². The molecule has 0 bridgehead atoms. The van der Waals surface area contributed by atoms with Crippen molar-refractivity contribution in [1.29, 1.82) is 0 Å². The molecule has 1 aliphatic rings. The van der Waals surface area contributed by atoms with Crippen LogP contribution >= 0.6 is 12.4 Å². The number of piperazine rings is 1. The first-order chi connectivity index (χ1) is 10.4. The molecule has 0 aliphatic carbocycles. The summed E-state index contributed by atoms with van der Waals surface area (Å²) in [5.74, 6) is -0.171. The Morgan fingerprint density at radius 3 is 2.35 bits per heavy atom. The lowest BCUT2D eigenvalue weighted by atomic mass is 10.1. The van der Waals surface area contributed by atoms with Crippen molar-refractivity contribution in [3.63, 3.8) is 0 Å². The third kappa shape index (κ3) is 6.76. The van der Waals surface area contributed by atoms with Crippen LogP contribution in [-0.4, -0.2) is 50.1 Å². The average molecular weight is 352 g/mol. The quantitative estimate of drug-likeness (QED) is 0.848. The first-order valence-electron chi connectivity index (χ1n) is 7.31. The molecule has 1 aromatic rings. The van der Waals surface area contributed by atoms with E-state index in [1.165, 1.54) is 12.1 Å². The van der Waals surface area contributed by atoms with E-state index in [2.05, 4.69) is 15.5 Å². The number of carbonyl (C=O) groups is 1. The Kier molecular flexibility index (Phi) is 7.81. The van der Waals surface area contributed by atoms with Gasteiger partial charge in [-0.15, -0.1) is 12.4 Å². The summed E-state index contributed by atoms with van der Waals surface area (Å²) in [7, 11) is 0. The average Bonchev–Trinajstić information content (AvgIpc) is 2.48. The van der Waals surface area contributed by atoms with Gasteiger partial charge in [-0.3, -0.25) is 9.69 Å². The molecule has 0 unspecified atom stereocenters. The molecule has 8 heteroatoms. The standard InChI is InChI=1S/C15H20F3N3O.ClH/c16-15(17,18)13-3-1-12(2-4-13)11-14(22)20-7-10-21-8-5-19-6-9-21;/h1-4,19H,5-11H2,(H,20,22);1H. The first kappa shape index (κ1) is 19.7. The lowest BCUT2D eigenvalue weighted by Crippen LogP contribution is -2.46. The van der Waals surface area contributed by atoms with Gasteiger partial charge in [-0.2, -0.15) is 13.2 Å². The second-order valence-electron chi connectivity index (χ2n) is 5.31. The van der Waals surface area contributed by atoms with E-state index in [0.29, 0.717) is 12.1 Å². The van der Waals surface area contributed by atoms with Crippen LogP contribution in [0.5, 0.6) is 0 Å². The minimum Gasteiger partial charge on any atom is -0.355 e. The van der Waals surface area contributed by atoms with Crippen molar-refractivity contribution in [2.45, 2.75) is 12.6 Å². The van der Waals surface area contributed by atoms with Crippen molar-refractivity contribution < 1.29 is 18.0 Å². The van der Waals surface area contributed by atoms with E-state index in [4.69, 9.17) is 0 Å². The van der Waals surface area contributed by atoms with Gasteiger partial charge < -0.3 is 10.6 Å². The highest BCUT2D eigenvalue weighted by atomic mass is 35.5. The summed E-state index contributed by atoms with van der Waals surface area (Å²) in [5, 5.41) is 6.05. The Bertz CT molecular complexity index is 488. The van der Waals surface area contributed by atoms with E-state index in [-0.39, 0.29) is 24.7 Å². The maximum Gasteiger partial charge on any atom is 0.416 e. The summed E-state index contributed by atoms with van der Waals surface area (Å²) in [6.07, 6.45) is -4.25. The molecular formula is C15H21ClF3N3O. The van der Waals surface area contributed by atoms with Gasteiger partial charge in [-0.05, 0) is 17.7 Å². The summed E-state index contributed by atoms with van der Waals surface area (Å²) < 4.78 is 37.3. The molecule has 1 heterocycles. The highest BCUT2D eigenvalue weighted by Gasteiger charge is 2.29. The van der Waals surface area contributed by atoms with Crippen molar-refractivity contribution in [1.82, 2.24) is 15.5 Å². The van der Waals surface area contributed by atoms with Gasteiger partial charge in [-0.25, -0.2) is 0 Å². The van der Waals surface area contributed by atoms with Crippen molar-refractivity contribution in [3.05, 3.63) is 35.4 Å². The first-order valence-corrected chi connectivity index (χ1v) is 7.31. The fourth-order valence-corrected chi connectivity index (χ4v) is 2.35. The Hall–Kier alpha value is -1.31. The number of halogens is 4. The van der Waals surface area contributed by atoms with Crippen molar-refractivity contribution in [2.75, 3.05) is 39.3 Å². The molecular weight excluding hydrogens is 331 g/mol. The summed E-state index contributed by atoms with van der Waals surface area (Å²) in [5.41, 5.74) is -0.122. The SMILES string of the molecule is Cl.O=C(Cc1ccc(C(F)(F)F)cc1)NCCN1CCNCC1. The zero-order valence-corrected chi connectivity index (χ0v) is 13.5. The van der Waals surface area contributed by atoms with E-state index >= 15 is 0 Å². The number of alkyl halides is 3. The number of hydrogen-bond donors (Lipinski definition) is 2. The monoisotopic (exact) mass is 351 g/mol. The van der Waals surface area contributed by atoms with Gasteiger partial charge in [0.05, 0.1) is 12.0 Å². The molecule has 4 nitrogen and oxygen atoms in total. The Morgan fingerprint density at radius 1 is 1.17 bits per heavy atom. The maximum absolute atomic E-state index is 12.4. The second kappa shape index (κ2) is 9.10. The third-order valence-electron chi connectivity index (χ3n) is 3.61. The number of nitrogens with zero attached hydrogens (tertiary/aromatic N) is 1. The fraction of sp³-hybridized carbons (Fsp3) is 0.533. The predicted molar refractivity (Wildman–Crippen MR) is 84.7 cm³/mol. The summed E-state index contributed by atoms with van der Waals surface area (Å²) >= 11 is 0. The van der Waals surface area contributed by atoms with E-state index in [0.717, 1.165) is 44.9 Å². The van der Waals surface area contributed by atoms with Gasteiger partial charge in [0.1, 0.15) is 0 Å². The summed E-state index contributed by atoms with van der Waals surface area (Å²) in [6.45, 7) is 5.20. The van der Waals surface area contributed by atoms with E-state index in [9.17, 15) is 18.0 Å². The van der Waals surface area contributed by atoms with Crippen molar-refractivity contribution in [2.24, 2.45) is 0 Å². The highest BCUT2D eigenvalue weighted by molar-refractivity contribution is 5.85. The number of rotatable bonds is 5. The molecule has 130 valence electrons. The van der Waals surface area contributed by atoms with Gasteiger partial charge in [0.25, 0.3) is 0 Å². The Morgan fingerprint density at radius 2 is 1.78 bits per heavy atom. The van der Waals surface area contributed by atoms with E-state index in [1.54, 1.807) is 0 Å². The van der Waals surface area contributed by atoms with Crippen LogP contribution in [0.2, 0.25) is 0 Å². The van der Waals surface area contributed by atoms with E-state index < -0.39 is 11.7 Å². The molecule has 0 aromatic heterocycles. The molecule has 0 radical (unpaired) electrons. The molecule has 1 aromatic carbocycles. The van der Waals surface area contributed by atoms with E-state index in [1.807, 2.05) is 0 Å². The number of hydrogen-bond acceptors (Lipinski definition) is 3. The van der Waals surface area contributed by atoms with Gasteiger partial charge in [0, 0.05) is 39.3 Å². The lowest BCUT2D eigenvalue weighted by Gasteiger charge is -2.27. The summed E-state index contributed by atoms with van der Waals surface area (Å²) in [4.78, 5) is 14.0. The third-order valence-corrected chi connectivity index (χ3v) is 3.61. The van der Waals surface area contributed by atoms with Crippen LogP contribution in [0.1, 0.15) is 11.1 Å². The molecule has 1 saturated heterocycles. The Labute approximate surface area is 139 Å². The molecule has 0 spiro atoms. The smallest absolute Gasteiger partial charge is 0.355 e. The number of nitrogens with one attached hydrogen (secondary N) is 2. The number of benzene rings is 1. The van der Waals surface area contributed by atoms with Gasteiger partial charge in [-0.1, -0.05) is 12.1 Å². The fourth-order valence-electron chi connectivity index (χ4n) is 2.35. The van der Waals surface area contributed by atoms with Gasteiger partial charge >= 0.3 is 6.18 Å². The van der Waals surface area contributed by atoms with Gasteiger partial charge in [0.15, 0.2) is 0 Å². The maximum atomic E-state index is 12.4. The molecule has 2 rings (SSSR count). The van der Waals surface area contributed by atoms with Gasteiger partial charge in [0.2, 0.25) is 5.91 Å². The van der Waals surface area contributed by atoms with Crippen LogP contribution in [-0.2, 0) is 17.4 Å². The second-order valence-corrected chi connectivity index (χ2v) is 5.31. The molecule has 1 aliphatic heterocycles. The lowest BCUT2D eigenvalue weighted by molar-refractivity contribution is -0.137. The highest BCUT2D eigenvalue weighted by Crippen LogP contribution is 2.29. The number of carbonyl (C=O) groups excluding carboxylic acids is 1. The topological polar surface area (TPSA) is 44.4 Å². The number of amides is 1. The molecule has 2 N–H and O–H groups in total. The minimum atomic E-state index is -4.34. The molecule has 0 atom stereocenters. The molecule has 0 saturated carbocycles. The normalized spacial score (nSPS) is 15.8. The predicted octanol–water partition coefficient (Wildman–Crippen LogP) is 1.69. The molecule has 23 heavy (non-hydrogen) atoms. The molecule has 1 amide bonds. The van der Waals surface area contributed by atoms with Crippen LogP contribution in [0.3, 0.4) is 0 Å². The van der Waals surface area contributed by atoms with Crippen molar-refractivity contribution in [3.8, 4) is 0 Å². The molecule has 1 fully saturated rings. The Balaban J connectivity index is 0.00000264. The van der Waals surface area contributed by atoms with Crippen LogP contribution in [0, 0.1) is 0 Å². The minimum absolute atomic E-state index is 0. The van der Waals surface area contributed by atoms with Crippen LogP contribution in [0.4, 0.5) is 13.2 Å².